The maximum Gasteiger partial charge on any atom is 0.330 e. The normalized spacial score (nSPS) is 19.1. The molecule has 0 radical (unpaired) electrons. The van der Waals surface area contributed by atoms with Crippen LogP contribution in [0.1, 0.15) is 55.3 Å². The first-order chi connectivity index (χ1) is 16.2. The number of fused-ring (bicyclic) bond motifs is 2. The molecule has 3 aliphatic heterocycles. The van der Waals surface area contributed by atoms with Gasteiger partial charge in [-0.15, -0.1) is 0 Å². The molecule has 2 saturated heterocycles. The monoisotopic (exact) mass is 447 g/mol. The van der Waals surface area contributed by atoms with Crippen LogP contribution in [0.4, 0.5) is 22.0 Å². The van der Waals surface area contributed by atoms with Gasteiger partial charge in [-0.25, -0.2) is 14.7 Å². The summed E-state index contributed by atoms with van der Waals surface area (Å²) in [5, 5.41) is 2.93. The molecule has 7 heteroatoms. The Hall–Kier alpha value is -2.93. The van der Waals surface area contributed by atoms with Crippen molar-refractivity contribution in [2.24, 2.45) is 5.92 Å². The molecule has 1 aromatic carbocycles. The molecule has 2 aromatic rings. The lowest BCUT2D eigenvalue weighted by atomic mass is 9.91. The van der Waals surface area contributed by atoms with Crippen LogP contribution in [-0.4, -0.2) is 59.4 Å². The van der Waals surface area contributed by atoms with E-state index in [1.54, 1.807) is 23.2 Å². The Labute approximate surface area is 195 Å². The van der Waals surface area contributed by atoms with Crippen LogP contribution in [0.2, 0.25) is 0 Å². The molecule has 0 atom stereocenters. The fourth-order valence-corrected chi connectivity index (χ4v) is 5.35. The van der Waals surface area contributed by atoms with Crippen molar-refractivity contribution in [3.8, 4) is 0 Å². The van der Waals surface area contributed by atoms with Gasteiger partial charge in [-0.2, -0.15) is 0 Å². The molecular weight excluding hydrogens is 414 g/mol. The first-order valence-corrected chi connectivity index (χ1v) is 12.4. The summed E-state index contributed by atoms with van der Waals surface area (Å²) >= 11 is 0. The third-order valence-electron chi connectivity index (χ3n) is 7.25. The number of benzene rings is 1. The number of carbonyl (C=O) groups excluding carboxylic acids is 2. The van der Waals surface area contributed by atoms with Crippen LogP contribution in [-0.2, 0) is 0 Å². The smallest absolute Gasteiger partial charge is 0.324 e. The average molecular weight is 448 g/mol. The third kappa shape index (κ3) is 4.74. The molecule has 7 nitrogen and oxygen atoms in total. The van der Waals surface area contributed by atoms with Crippen molar-refractivity contribution in [3.63, 3.8) is 0 Å². The second-order valence-corrected chi connectivity index (χ2v) is 9.44. The first-order valence-electron chi connectivity index (χ1n) is 12.4. The van der Waals surface area contributed by atoms with E-state index in [4.69, 9.17) is 0 Å². The molecule has 0 unspecified atom stereocenters. The molecule has 33 heavy (non-hydrogen) atoms. The van der Waals surface area contributed by atoms with E-state index in [0.29, 0.717) is 28.7 Å². The molecule has 174 valence electrons. The number of para-hydroxylation sites is 2. The number of urea groups is 1. The van der Waals surface area contributed by atoms with Gasteiger partial charge in [-0.3, -0.25) is 4.79 Å². The largest absolute Gasteiger partial charge is 0.330 e. The highest BCUT2D eigenvalue weighted by atomic mass is 16.2. The molecule has 3 amide bonds. The highest BCUT2D eigenvalue weighted by Gasteiger charge is 2.34. The number of rotatable bonds is 5. The molecule has 5 rings (SSSR count). The minimum atomic E-state index is -0.242. The van der Waals surface area contributed by atoms with E-state index < -0.39 is 0 Å². The number of piperidine rings is 1. The lowest BCUT2D eigenvalue weighted by Crippen LogP contribution is -2.45. The van der Waals surface area contributed by atoms with Gasteiger partial charge >= 0.3 is 6.03 Å². The fraction of sp³-hybridized carbons (Fsp3) is 0.500. The summed E-state index contributed by atoms with van der Waals surface area (Å²) in [5.41, 5.74) is 1.70. The summed E-state index contributed by atoms with van der Waals surface area (Å²) < 4.78 is 0. The Morgan fingerprint density at radius 1 is 1.00 bits per heavy atom. The lowest BCUT2D eigenvalue weighted by molar-refractivity contribution is 0.102. The molecule has 0 bridgehead atoms. The van der Waals surface area contributed by atoms with Crippen LogP contribution in [0, 0.1) is 5.92 Å². The van der Waals surface area contributed by atoms with E-state index in [1.165, 1.54) is 51.7 Å². The van der Waals surface area contributed by atoms with Crippen molar-refractivity contribution in [3.05, 3.63) is 48.2 Å². The molecule has 1 N–H and O–H groups in total. The molecule has 1 aromatic heterocycles. The van der Waals surface area contributed by atoms with Gasteiger partial charge < -0.3 is 15.1 Å². The van der Waals surface area contributed by atoms with Gasteiger partial charge in [-0.05, 0) is 81.9 Å². The van der Waals surface area contributed by atoms with Crippen molar-refractivity contribution >= 4 is 29.1 Å². The van der Waals surface area contributed by atoms with Crippen LogP contribution in [0.3, 0.4) is 0 Å². The van der Waals surface area contributed by atoms with Gasteiger partial charge in [0.05, 0.1) is 16.9 Å². The van der Waals surface area contributed by atoms with Crippen molar-refractivity contribution in [2.45, 2.75) is 44.9 Å². The zero-order valence-electron chi connectivity index (χ0n) is 19.2. The minimum absolute atomic E-state index is 0.105. The number of nitrogens with zero attached hydrogens (tertiary/aromatic N) is 4. The molecule has 0 spiro atoms. The Kier molecular flexibility index (Phi) is 6.58. The highest BCUT2D eigenvalue weighted by Crippen LogP contribution is 2.37. The number of nitrogens with one attached hydrogen (secondary N) is 1. The fourth-order valence-electron chi connectivity index (χ4n) is 5.35. The van der Waals surface area contributed by atoms with Gasteiger partial charge in [0.1, 0.15) is 0 Å². The van der Waals surface area contributed by atoms with Gasteiger partial charge in [-0.1, -0.05) is 25.0 Å². The summed E-state index contributed by atoms with van der Waals surface area (Å²) in [5.74, 6) is 0.847. The first kappa shape index (κ1) is 21.9. The van der Waals surface area contributed by atoms with Crippen LogP contribution < -0.4 is 10.2 Å². The molecular formula is C26H33N5O2. The van der Waals surface area contributed by atoms with E-state index in [1.807, 2.05) is 29.2 Å². The number of pyridine rings is 1. The van der Waals surface area contributed by atoms with Crippen molar-refractivity contribution in [1.82, 2.24) is 14.8 Å². The van der Waals surface area contributed by atoms with Crippen LogP contribution in [0.5, 0.6) is 0 Å². The van der Waals surface area contributed by atoms with E-state index in [2.05, 4.69) is 15.2 Å². The summed E-state index contributed by atoms with van der Waals surface area (Å²) in [6.07, 6.45) is 10.2. The predicted octanol–water partition coefficient (Wildman–Crippen LogP) is 4.88. The minimum Gasteiger partial charge on any atom is -0.324 e. The topological polar surface area (TPSA) is 68.8 Å². The number of carbonyl (C=O) groups is 2. The van der Waals surface area contributed by atoms with Gasteiger partial charge in [0.15, 0.2) is 5.82 Å². The van der Waals surface area contributed by atoms with E-state index >= 15 is 0 Å². The molecule has 4 heterocycles. The lowest BCUT2D eigenvalue weighted by Gasteiger charge is -2.35. The van der Waals surface area contributed by atoms with Gasteiger partial charge in [0.25, 0.3) is 5.91 Å². The number of aromatic nitrogens is 1. The third-order valence-corrected chi connectivity index (χ3v) is 7.25. The predicted molar refractivity (Wildman–Crippen MR) is 130 cm³/mol. The Bertz CT molecular complexity index is 996. The zero-order chi connectivity index (χ0) is 22.6. The highest BCUT2D eigenvalue weighted by molar-refractivity contribution is 6.16. The second-order valence-electron chi connectivity index (χ2n) is 9.44. The maximum atomic E-state index is 13.7. The van der Waals surface area contributed by atoms with Crippen LogP contribution >= 0.6 is 0 Å². The molecule has 3 aliphatic rings. The number of anilines is 3. The van der Waals surface area contributed by atoms with E-state index in [-0.39, 0.29) is 11.9 Å². The number of likely N-dealkylation sites (tertiary alicyclic amines) is 2. The Morgan fingerprint density at radius 2 is 1.79 bits per heavy atom. The quantitative estimate of drug-likeness (QED) is 0.663. The molecule has 0 aliphatic carbocycles. The Balaban J connectivity index is 1.24. The SMILES string of the molecule is O=C1Nc2ccccc2N(C(=O)N2CCC(CCCCN3CCCC3)CC2)c2ncccc21. The van der Waals surface area contributed by atoms with Crippen molar-refractivity contribution in [1.29, 1.82) is 0 Å². The average Bonchev–Trinajstić information content (AvgIpc) is 3.33. The second kappa shape index (κ2) is 9.91. The maximum absolute atomic E-state index is 13.7. The van der Waals surface area contributed by atoms with Crippen LogP contribution in [0.15, 0.2) is 42.6 Å². The van der Waals surface area contributed by atoms with Crippen molar-refractivity contribution in [2.75, 3.05) is 42.9 Å². The number of amides is 3. The van der Waals surface area contributed by atoms with E-state index in [9.17, 15) is 9.59 Å². The summed E-state index contributed by atoms with van der Waals surface area (Å²) in [6.45, 7) is 5.29. The molecule has 2 fully saturated rings. The standard InChI is InChI=1S/C26H33N5O2/c32-25-21-9-7-14-27-24(21)31(23-11-2-1-10-22(23)28-25)26(33)30-18-12-20(13-19-30)8-3-4-15-29-16-5-6-17-29/h1-2,7,9-11,14,20H,3-6,8,12-13,15-19H2,(H,28,32). The summed E-state index contributed by atoms with van der Waals surface area (Å²) in [4.78, 5) is 37.0. The van der Waals surface area contributed by atoms with Gasteiger partial charge in [0.2, 0.25) is 0 Å². The summed E-state index contributed by atoms with van der Waals surface area (Å²) in [6, 6.07) is 10.8. The summed E-state index contributed by atoms with van der Waals surface area (Å²) in [7, 11) is 0. The Morgan fingerprint density at radius 3 is 2.61 bits per heavy atom. The number of hydrogen-bond acceptors (Lipinski definition) is 4. The number of hydrogen-bond donors (Lipinski definition) is 1. The van der Waals surface area contributed by atoms with Gasteiger partial charge in [0, 0.05) is 19.3 Å². The molecule has 0 saturated carbocycles. The van der Waals surface area contributed by atoms with Crippen LogP contribution in [0.25, 0.3) is 0 Å². The van der Waals surface area contributed by atoms with Crippen molar-refractivity contribution < 1.29 is 9.59 Å². The zero-order valence-corrected chi connectivity index (χ0v) is 19.2. The van der Waals surface area contributed by atoms with E-state index in [0.717, 1.165) is 25.9 Å². The number of unbranched alkanes of at least 4 members (excludes halogenated alkanes) is 1.